The maximum atomic E-state index is 12.3. The molecule has 2 heterocycles. The van der Waals surface area contributed by atoms with Crippen molar-refractivity contribution in [1.29, 1.82) is 0 Å². The summed E-state index contributed by atoms with van der Waals surface area (Å²) in [7, 11) is 1.68. The summed E-state index contributed by atoms with van der Waals surface area (Å²) in [6.45, 7) is 0.416. The Balaban J connectivity index is 1.77. The van der Waals surface area contributed by atoms with Gasteiger partial charge in [-0.3, -0.25) is 9.59 Å². The minimum Gasteiger partial charge on any atom is -0.451 e. The standard InChI is InChI=1S/C17H19NO4S/c1-21-17(6-8-23-9-7-17)11-18-16(20)15-10-13(19)12-4-2-3-5-14(12)22-15/h2-5,10H,6-9,11H2,1H3,(H,18,20). The Hall–Kier alpha value is -1.79. The summed E-state index contributed by atoms with van der Waals surface area (Å²) >= 11 is 1.89. The fourth-order valence-corrected chi connectivity index (χ4v) is 3.98. The van der Waals surface area contributed by atoms with Crippen molar-refractivity contribution >= 4 is 28.6 Å². The van der Waals surface area contributed by atoms with Crippen molar-refractivity contribution in [3.05, 3.63) is 46.3 Å². The van der Waals surface area contributed by atoms with Crippen molar-refractivity contribution < 1.29 is 13.9 Å². The number of thioether (sulfide) groups is 1. The summed E-state index contributed by atoms with van der Waals surface area (Å²) in [6.07, 6.45) is 1.80. The van der Waals surface area contributed by atoms with E-state index in [-0.39, 0.29) is 22.7 Å². The first-order chi connectivity index (χ1) is 11.1. The van der Waals surface area contributed by atoms with E-state index < -0.39 is 0 Å². The number of hydrogen-bond acceptors (Lipinski definition) is 5. The quantitative estimate of drug-likeness (QED) is 0.931. The first-order valence-electron chi connectivity index (χ1n) is 7.58. The van der Waals surface area contributed by atoms with Crippen molar-refractivity contribution in [2.45, 2.75) is 18.4 Å². The van der Waals surface area contributed by atoms with E-state index in [2.05, 4.69) is 5.32 Å². The van der Waals surface area contributed by atoms with Crippen LogP contribution in [0.15, 0.2) is 39.5 Å². The van der Waals surface area contributed by atoms with Crippen LogP contribution in [0.3, 0.4) is 0 Å². The lowest BCUT2D eigenvalue weighted by atomic mass is 9.96. The highest BCUT2D eigenvalue weighted by atomic mass is 32.2. The van der Waals surface area contributed by atoms with Crippen molar-refractivity contribution in [2.24, 2.45) is 0 Å². The van der Waals surface area contributed by atoms with Gasteiger partial charge in [0.1, 0.15) is 5.58 Å². The van der Waals surface area contributed by atoms with Crippen LogP contribution in [0.5, 0.6) is 0 Å². The highest BCUT2D eigenvalue weighted by molar-refractivity contribution is 7.99. The summed E-state index contributed by atoms with van der Waals surface area (Å²) in [5.41, 5.74) is -0.119. The molecule has 0 radical (unpaired) electrons. The predicted molar refractivity (Wildman–Crippen MR) is 91.1 cm³/mol. The molecular formula is C17H19NO4S. The van der Waals surface area contributed by atoms with Crippen LogP contribution >= 0.6 is 11.8 Å². The monoisotopic (exact) mass is 333 g/mol. The molecule has 0 atom stereocenters. The van der Waals surface area contributed by atoms with Crippen LogP contribution in [0, 0.1) is 0 Å². The van der Waals surface area contributed by atoms with E-state index in [1.165, 1.54) is 6.07 Å². The molecule has 0 unspecified atom stereocenters. The van der Waals surface area contributed by atoms with Gasteiger partial charge in [0, 0.05) is 19.7 Å². The molecular weight excluding hydrogens is 314 g/mol. The van der Waals surface area contributed by atoms with Crippen LogP contribution in [0.25, 0.3) is 11.0 Å². The highest BCUT2D eigenvalue weighted by Crippen LogP contribution is 2.29. The van der Waals surface area contributed by atoms with Gasteiger partial charge in [-0.25, -0.2) is 0 Å². The van der Waals surface area contributed by atoms with Crippen LogP contribution < -0.4 is 10.7 Å². The summed E-state index contributed by atoms with van der Waals surface area (Å²) in [4.78, 5) is 24.4. The van der Waals surface area contributed by atoms with Crippen LogP contribution in [0.2, 0.25) is 0 Å². The second kappa shape index (κ2) is 6.76. The van der Waals surface area contributed by atoms with Crippen LogP contribution in [-0.4, -0.2) is 36.7 Å². The van der Waals surface area contributed by atoms with Gasteiger partial charge < -0.3 is 14.5 Å². The zero-order chi connectivity index (χ0) is 16.3. The van der Waals surface area contributed by atoms with E-state index in [4.69, 9.17) is 9.15 Å². The third kappa shape index (κ3) is 3.43. The molecule has 0 saturated carbocycles. The molecule has 0 bridgehead atoms. The Morgan fingerprint density at radius 1 is 1.35 bits per heavy atom. The van der Waals surface area contributed by atoms with Gasteiger partial charge in [-0.05, 0) is 36.5 Å². The minimum atomic E-state index is -0.387. The second-order valence-electron chi connectivity index (χ2n) is 5.65. The Labute approximate surface area is 138 Å². The molecule has 1 fully saturated rings. The fourth-order valence-electron chi connectivity index (χ4n) is 2.74. The van der Waals surface area contributed by atoms with Crippen molar-refractivity contribution in [1.82, 2.24) is 5.32 Å². The van der Waals surface area contributed by atoms with Gasteiger partial charge in [-0.1, -0.05) is 12.1 Å². The fraction of sp³-hybridized carbons (Fsp3) is 0.412. The third-order valence-electron chi connectivity index (χ3n) is 4.27. The van der Waals surface area contributed by atoms with Gasteiger partial charge in [0.05, 0.1) is 11.0 Å². The lowest BCUT2D eigenvalue weighted by Crippen LogP contribution is -2.46. The summed E-state index contributed by atoms with van der Waals surface area (Å²) in [6, 6.07) is 8.15. The number of carbonyl (C=O) groups excluding carboxylic acids is 1. The molecule has 0 spiro atoms. The van der Waals surface area contributed by atoms with E-state index in [1.54, 1.807) is 31.4 Å². The number of nitrogens with one attached hydrogen (secondary N) is 1. The lowest BCUT2D eigenvalue weighted by Gasteiger charge is -2.35. The molecule has 5 nitrogen and oxygen atoms in total. The van der Waals surface area contributed by atoms with Crippen LogP contribution in [-0.2, 0) is 4.74 Å². The maximum Gasteiger partial charge on any atom is 0.287 e. The molecule has 1 aromatic carbocycles. The van der Waals surface area contributed by atoms with Gasteiger partial charge in [0.15, 0.2) is 11.2 Å². The van der Waals surface area contributed by atoms with Crippen molar-refractivity contribution in [2.75, 3.05) is 25.2 Å². The van der Waals surface area contributed by atoms with Gasteiger partial charge in [-0.15, -0.1) is 0 Å². The SMILES string of the molecule is COC1(CNC(=O)c2cc(=O)c3ccccc3o2)CCSCC1. The number of para-hydroxylation sites is 1. The summed E-state index contributed by atoms with van der Waals surface area (Å²) < 4.78 is 11.2. The van der Waals surface area contributed by atoms with Gasteiger partial charge in [0.2, 0.25) is 0 Å². The average Bonchev–Trinajstić information content (AvgIpc) is 2.60. The number of ether oxygens (including phenoxy) is 1. The normalized spacial score (nSPS) is 17.1. The topological polar surface area (TPSA) is 68.5 Å². The lowest BCUT2D eigenvalue weighted by molar-refractivity contribution is -0.0151. The Morgan fingerprint density at radius 2 is 2.09 bits per heavy atom. The van der Waals surface area contributed by atoms with E-state index in [9.17, 15) is 9.59 Å². The average molecular weight is 333 g/mol. The molecule has 1 aliphatic rings. The molecule has 2 aromatic rings. The molecule has 3 rings (SSSR count). The van der Waals surface area contributed by atoms with E-state index in [0.717, 1.165) is 24.3 Å². The molecule has 0 aliphatic carbocycles. The molecule has 1 N–H and O–H groups in total. The first kappa shape index (κ1) is 16.1. The van der Waals surface area contributed by atoms with Crippen molar-refractivity contribution in [3.63, 3.8) is 0 Å². The number of methoxy groups -OCH3 is 1. The van der Waals surface area contributed by atoms with Gasteiger partial charge in [0.25, 0.3) is 5.91 Å². The summed E-state index contributed by atoms with van der Waals surface area (Å²) in [5, 5.41) is 3.32. The minimum absolute atomic E-state index is 0.0325. The summed E-state index contributed by atoms with van der Waals surface area (Å²) in [5.74, 6) is 1.69. The molecule has 1 amide bonds. The largest absolute Gasteiger partial charge is 0.451 e. The molecule has 1 saturated heterocycles. The zero-order valence-corrected chi connectivity index (χ0v) is 13.8. The first-order valence-corrected chi connectivity index (χ1v) is 8.73. The molecule has 1 aliphatic heterocycles. The number of hydrogen-bond donors (Lipinski definition) is 1. The van der Waals surface area contributed by atoms with E-state index in [1.807, 2.05) is 11.8 Å². The van der Waals surface area contributed by atoms with E-state index in [0.29, 0.717) is 17.5 Å². The van der Waals surface area contributed by atoms with Gasteiger partial charge in [-0.2, -0.15) is 11.8 Å². The van der Waals surface area contributed by atoms with Crippen LogP contribution in [0.1, 0.15) is 23.4 Å². The molecule has 6 heteroatoms. The smallest absolute Gasteiger partial charge is 0.287 e. The number of fused-ring (bicyclic) bond motifs is 1. The molecule has 1 aromatic heterocycles. The van der Waals surface area contributed by atoms with Crippen LogP contribution in [0.4, 0.5) is 0 Å². The Morgan fingerprint density at radius 3 is 2.83 bits per heavy atom. The number of amides is 1. The van der Waals surface area contributed by atoms with E-state index >= 15 is 0 Å². The number of benzene rings is 1. The third-order valence-corrected chi connectivity index (χ3v) is 5.25. The van der Waals surface area contributed by atoms with Crippen molar-refractivity contribution in [3.8, 4) is 0 Å². The molecule has 23 heavy (non-hydrogen) atoms. The Kier molecular flexibility index (Phi) is 4.73. The zero-order valence-electron chi connectivity index (χ0n) is 13.0. The molecule has 122 valence electrons. The second-order valence-corrected chi connectivity index (χ2v) is 6.88. The number of carbonyl (C=O) groups is 1. The Bertz CT molecular complexity index is 765. The predicted octanol–water partition coefficient (Wildman–Crippen LogP) is 2.44. The van der Waals surface area contributed by atoms with Gasteiger partial charge >= 0.3 is 0 Å². The maximum absolute atomic E-state index is 12.3. The number of rotatable bonds is 4. The highest BCUT2D eigenvalue weighted by Gasteiger charge is 2.32.